The molecule has 7 heteroatoms. The first-order chi connectivity index (χ1) is 21.6. The van der Waals surface area contributed by atoms with Gasteiger partial charge >= 0.3 is 0 Å². The van der Waals surface area contributed by atoms with E-state index in [0.29, 0.717) is 33.0 Å². The smallest absolute Gasteiger partial charge is 0.117 e. The van der Waals surface area contributed by atoms with Gasteiger partial charge in [0, 0.05) is 47.4 Å². The van der Waals surface area contributed by atoms with Gasteiger partial charge in [-0.15, -0.1) is 11.3 Å². The van der Waals surface area contributed by atoms with E-state index in [0.717, 1.165) is 73.9 Å². The first kappa shape index (κ1) is 35.3. The lowest BCUT2D eigenvalue weighted by Gasteiger charge is -2.46. The molecule has 1 saturated heterocycles. The molecule has 0 unspecified atom stereocenters. The van der Waals surface area contributed by atoms with E-state index < -0.39 is 0 Å². The fourth-order valence-corrected chi connectivity index (χ4v) is 6.92. The molecule has 5 atom stereocenters. The van der Waals surface area contributed by atoms with Gasteiger partial charge in [-0.05, 0) is 60.4 Å². The summed E-state index contributed by atoms with van der Waals surface area (Å²) in [6, 6.07) is 17.1. The number of unbranched alkanes of at least 4 members (excludes halogenated alkanes) is 4. The zero-order valence-corrected chi connectivity index (χ0v) is 28.8. The van der Waals surface area contributed by atoms with Gasteiger partial charge in [-0.25, -0.2) is 0 Å². The highest BCUT2D eigenvalue weighted by molar-refractivity contribution is 7.19. The third-order valence-corrected chi connectivity index (χ3v) is 9.71. The quantitative estimate of drug-likeness (QED) is 0.115. The van der Waals surface area contributed by atoms with Crippen molar-refractivity contribution in [3.05, 3.63) is 69.6 Å². The molecular formula is C37H53ClO5S. The zero-order valence-electron chi connectivity index (χ0n) is 27.2. The van der Waals surface area contributed by atoms with Crippen molar-refractivity contribution in [1.82, 2.24) is 0 Å². The molecule has 0 amide bonds. The van der Waals surface area contributed by atoms with Gasteiger partial charge in [0.2, 0.25) is 0 Å². The molecule has 0 bridgehead atoms. The minimum atomic E-state index is -0.331. The maximum Gasteiger partial charge on any atom is 0.117 e. The van der Waals surface area contributed by atoms with E-state index >= 15 is 0 Å². The van der Waals surface area contributed by atoms with Crippen LogP contribution in [0.3, 0.4) is 0 Å². The number of fused-ring (bicyclic) bond motifs is 1. The normalized spacial score (nSPS) is 22.2. The molecule has 244 valence electrons. The molecule has 0 N–H and O–H groups in total. The molecule has 2 aromatic carbocycles. The second-order valence-corrected chi connectivity index (χ2v) is 13.4. The van der Waals surface area contributed by atoms with Gasteiger partial charge in [-0.2, -0.15) is 0 Å². The van der Waals surface area contributed by atoms with E-state index in [4.69, 9.17) is 35.3 Å². The second kappa shape index (κ2) is 19.2. The fraction of sp³-hybridized carbons (Fsp3) is 0.622. The van der Waals surface area contributed by atoms with Crippen LogP contribution in [-0.4, -0.2) is 57.5 Å². The summed E-state index contributed by atoms with van der Waals surface area (Å²) < 4.78 is 34.4. The maximum atomic E-state index is 6.97. The minimum absolute atomic E-state index is 0.268. The van der Waals surface area contributed by atoms with Crippen LogP contribution in [0.2, 0.25) is 5.02 Å². The maximum absolute atomic E-state index is 6.97. The van der Waals surface area contributed by atoms with Gasteiger partial charge in [-0.1, -0.05) is 95.3 Å². The Labute approximate surface area is 274 Å². The van der Waals surface area contributed by atoms with Crippen LogP contribution in [0.15, 0.2) is 48.5 Å². The molecule has 1 aliphatic rings. The van der Waals surface area contributed by atoms with E-state index in [1.807, 2.05) is 17.4 Å². The lowest BCUT2D eigenvalue weighted by molar-refractivity contribution is -0.268. The standard InChI is InChI=1S/C37H53ClO5S/c1-5-9-19-39-26-32-35(40-20-10-6-2)37(42-22-12-8-4)36(41-21-11-7-3)34(43-32)28-17-18-31(38)29(23-28)25-30-24-27-15-13-14-16-33(27)44-30/h13-18,23-24,32,34-37H,5-12,19-22,25-26H2,1-4H3/t32-,34+,35-,36+,37+/m1/s1. The topological polar surface area (TPSA) is 46.2 Å². The molecule has 5 nitrogen and oxygen atoms in total. The van der Waals surface area contributed by atoms with E-state index in [1.165, 1.54) is 15.0 Å². The third-order valence-electron chi connectivity index (χ3n) is 8.22. The summed E-state index contributed by atoms with van der Waals surface area (Å²) in [4.78, 5) is 1.29. The van der Waals surface area contributed by atoms with Crippen LogP contribution < -0.4 is 0 Å². The van der Waals surface area contributed by atoms with Crippen molar-refractivity contribution >= 4 is 33.0 Å². The average Bonchev–Trinajstić information content (AvgIpc) is 3.44. The summed E-state index contributed by atoms with van der Waals surface area (Å²) in [6.45, 7) is 11.9. The highest BCUT2D eigenvalue weighted by Gasteiger charge is 2.48. The van der Waals surface area contributed by atoms with Crippen LogP contribution in [0.1, 0.15) is 101 Å². The summed E-state index contributed by atoms with van der Waals surface area (Å²) in [5, 5.41) is 2.04. The predicted molar refractivity (Wildman–Crippen MR) is 183 cm³/mol. The van der Waals surface area contributed by atoms with E-state index in [1.54, 1.807) is 0 Å². The molecule has 0 aliphatic carbocycles. The Morgan fingerprint density at radius 1 is 0.727 bits per heavy atom. The van der Waals surface area contributed by atoms with Crippen LogP contribution in [0.4, 0.5) is 0 Å². The Hall–Kier alpha value is -1.51. The molecule has 1 fully saturated rings. The van der Waals surface area contributed by atoms with Gasteiger partial charge in [0.25, 0.3) is 0 Å². The molecule has 0 saturated carbocycles. The van der Waals surface area contributed by atoms with Crippen LogP contribution in [0.5, 0.6) is 0 Å². The lowest BCUT2D eigenvalue weighted by Crippen LogP contribution is -2.58. The molecule has 1 aliphatic heterocycles. The highest BCUT2D eigenvalue weighted by atomic mass is 35.5. The summed E-state index contributed by atoms with van der Waals surface area (Å²) in [6.07, 6.45) is 7.59. The summed E-state index contributed by atoms with van der Waals surface area (Å²) in [7, 11) is 0. The van der Waals surface area contributed by atoms with Gasteiger partial charge in [0.05, 0.1) is 6.61 Å². The van der Waals surface area contributed by atoms with Crippen LogP contribution in [-0.2, 0) is 30.1 Å². The molecule has 0 spiro atoms. The van der Waals surface area contributed by atoms with Crippen molar-refractivity contribution in [2.45, 2.75) is 116 Å². The van der Waals surface area contributed by atoms with Crippen molar-refractivity contribution in [3.8, 4) is 0 Å². The summed E-state index contributed by atoms with van der Waals surface area (Å²) in [5.41, 5.74) is 2.15. The number of halogens is 1. The fourth-order valence-electron chi connectivity index (χ4n) is 5.65. The predicted octanol–water partition coefficient (Wildman–Crippen LogP) is 9.96. The van der Waals surface area contributed by atoms with E-state index in [9.17, 15) is 0 Å². The summed E-state index contributed by atoms with van der Waals surface area (Å²) >= 11 is 8.65. The lowest BCUT2D eigenvalue weighted by atomic mass is 9.89. The largest absolute Gasteiger partial charge is 0.379 e. The van der Waals surface area contributed by atoms with Gasteiger partial charge in [0.1, 0.15) is 30.5 Å². The molecule has 2 heterocycles. The van der Waals surface area contributed by atoms with Gasteiger partial charge in [-0.3, -0.25) is 0 Å². The summed E-state index contributed by atoms with van der Waals surface area (Å²) in [5.74, 6) is 0. The van der Waals surface area contributed by atoms with Crippen LogP contribution in [0.25, 0.3) is 10.1 Å². The van der Waals surface area contributed by atoms with Crippen molar-refractivity contribution in [1.29, 1.82) is 0 Å². The number of hydrogen-bond donors (Lipinski definition) is 0. The Balaban J connectivity index is 1.67. The third kappa shape index (κ3) is 9.99. The zero-order chi connectivity index (χ0) is 31.1. The Morgan fingerprint density at radius 2 is 1.36 bits per heavy atom. The van der Waals surface area contributed by atoms with E-state index in [2.05, 4.69) is 70.2 Å². The first-order valence-electron chi connectivity index (χ1n) is 16.9. The van der Waals surface area contributed by atoms with Crippen LogP contribution in [0, 0.1) is 0 Å². The highest BCUT2D eigenvalue weighted by Crippen LogP contribution is 2.39. The molecule has 3 aromatic rings. The number of hydrogen-bond acceptors (Lipinski definition) is 6. The Morgan fingerprint density at radius 3 is 2.05 bits per heavy atom. The SMILES string of the molecule is CCCCOC[C@H]1O[C@@H](c2ccc(Cl)c(Cc3cc4ccccc4s3)c2)[C@H](OCCCC)[C@@H](OCCCC)[C@@H]1OCCCC. The van der Waals surface area contributed by atoms with Crippen molar-refractivity contribution in [2.24, 2.45) is 0 Å². The molecule has 1 aromatic heterocycles. The van der Waals surface area contributed by atoms with E-state index in [-0.39, 0.29) is 30.5 Å². The first-order valence-corrected chi connectivity index (χ1v) is 18.1. The second-order valence-electron chi connectivity index (χ2n) is 11.9. The monoisotopic (exact) mass is 644 g/mol. The number of thiophene rings is 1. The molecule has 4 rings (SSSR count). The Bertz CT molecular complexity index is 1200. The molecule has 0 radical (unpaired) electrons. The van der Waals surface area contributed by atoms with Crippen LogP contribution >= 0.6 is 22.9 Å². The molecular weight excluding hydrogens is 592 g/mol. The Kier molecular flexibility index (Phi) is 15.4. The number of benzene rings is 2. The average molecular weight is 645 g/mol. The van der Waals surface area contributed by atoms with Crippen molar-refractivity contribution in [2.75, 3.05) is 33.0 Å². The number of rotatable bonds is 20. The van der Waals surface area contributed by atoms with Gasteiger partial charge in [0.15, 0.2) is 0 Å². The van der Waals surface area contributed by atoms with Crippen molar-refractivity contribution < 1.29 is 23.7 Å². The minimum Gasteiger partial charge on any atom is -0.379 e. The number of ether oxygens (including phenoxy) is 5. The molecule has 44 heavy (non-hydrogen) atoms. The van der Waals surface area contributed by atoms with Gasteiger partial charge < -0.3 is 23.7 Å². The van der Waals surface area contributed by atoms with Crippen molar-refractivity contribution in [3.63, 3.8) is 0 Å².